The van der Waals surface area contributed by atoms with Gasteiger partial charge in [0.25, 0.3) is 0 Å². The second-order valence-corrected chi connectivity index (χ2v) is 9.97. The Morgan fingerprint density at radius 3 is 2.31 bits per heavy atom. The highest BCUT2D eigenvalue weighted by Crippen LogP contribution is 2.44. The summed E-state index contributed by atoms with van der Waals surface area (Å²) in [5.74, 6) is 0.132. The molecule has 1 aliphatic rings. The van der Waals surface area contributed by atoms with Crippen LogP contribution in [0, 0.1) is 0 Å². The van der Waals surface area contributed by atoms with Gasteiger partial charge in [0.2, 0.25) is 5.89 Å². The molecule has 3 aromatic rings. The third-order valence-corrected chi connectivity index (χ3v) is 5.96. The molecule has 0 saturated heterocycles. The van der Waals surface area contributed by atoms with Gasteiger partial charge in [-0.2, -0.15) is 4.98 Å². The fraction of sp³-hybridized carbons (Fsp3) is 0.429. The van der Waals surface area contributed by atoms with Crippen molar-refractivity contribution in [3.8, 4) is 11.1 Å². The van der Waals surface area contributed by atoms with E-state index in [9.17, 15) is 9.59 Å². The van der Waals surface area contributed by atoms with Crippen molar-refractivity contribution in [3.05, 3.63) is 71.4 Å². The lowest BCUT2D eigenvalue weighted by atomic mass is 9.98. The number of alkyl carbamates (subject to hydrolysis) is 1. The molecule has 1 amide bonds. The largest absolute Gasteiger partial charge is 0.460 e. The van der Waals surface area contributed by atoms with E-state index in [0.29, 0.717) is 12.2 Å². The Bertz CT molecular complexity index is 1170. The van der Waals surface area contributed by atoms with E-state index in [1.165, 1.54) is 0 Å². The maximum atomic E-state index is 12.9. The summed E-state index contributed by atoms with van der Waals surface area (Å²) in [6.45, 7) is 7.59. The van der Waals surface area contributed by atoms with Crippen molar-refractivity contribution in [2.24, 2.45) is 0 Å². The molecule has 8 nitrogen and oxygen atoms in total. The normalized spacial score (nSPS) is 13.6. The molecule has 0 bridgehead atoms. The summed E-state index contributed by atoms with van der Waals surface area (Å²) in [6, 6.07) is 15.4. The number of aryl methyl sites for hydroxylation is 1. The minimum absolute atomic E-state index is 0.0727. The molecule has 1 aliphatic carbocycles. The van der Waals surface area contributed by atoms with Gasteiger partial charge in [-0.3, -0.25) is 4.79 Å². The highest BCUT2D eigenvalue weighted by atomic mass is 16.6. The lowest BCUT2D eigenvalue weighted by molar-refractivity contribution is -0.155. The molecule has 1 aromatic heterocycles. The standard InChI is InChI=1S/C28H33N3O5/c1-5-6-15-24-30-26(36-31-24)23(16-25(32)35-28(2,3)4)29-27(33)34-17-22-20-13-9-7-11-18(20)19-12-8-10-14-21(19)22/h7-14,22-23H,5-6,15-17H2,1-4H3,(H,29,33)/t23-/m0/s1. The molecule has 1 N–H and O–H groups in total. The van der Waals surface area contributed by atoms with Crippen LogP contribution in [0.5, 0.6) is 0 Å². The van der Waals surface area contributed by atoms with Crippen LogP contribution in [0.15, 0.2) is 53.1 Å². The molecule has 0 fully saturated rings. The molecule has 0 saturated carbocycles. The van der Waals surface area contributed by atoms with E-state index in [-0.39, 0.29) is 24.8 Å². The van der Waals surface area contributed by atoms with Crippen molar-refractivity contribution in [1.29, 1.82) is 0 Å². The molecule has 4 rings (SSSR count). The van der Waals surface area contributed by atoms with Crippen molar-refractivity contribution >= 4 is 12.1 Å². The summed E-state index contributed by atoms with van der Waals surface area (Å²) in [4.78, 5) is 29.8. The fourth-order valence-corrected chi connectivity index (χ4v) is 4.38. The number of nitrogens with one attached hydrogen (secondary N) is 1. The maximum Gasteiger partial charge on any atom is 0.407 e. The van der Waals surface area contributed by atoms with Crippen molar-refractivity contribution in [2.45, 2.75) is 70.9 Å². The van der Waals surface area contributed by atoms with E-state index >= 15 is 0 Å². The average Bonchev–Trinajstić information content (AvgIpc) is 3.43. The van der Waals surface area contributed by atoms with Gasteiger partial charge in [-0.15, -0.1) is 0 Å². The third kappa shape index (κ3) is 6.11. The summed E-state index contributed by atoms with van der Waals surface area (Å²) in [7, 11) is 0. The quantitative estimate of drug-likeness (QED) is 0.382. The van der Waals surface area contributed by atoms with Crippen LogP contribution in [0.3, 0.4) is 0 Å². The summed E-state index contributed by atoms with van der Waals surface area (Å²) in [6.07, 6.45) is 1.73. The van der Waals surface area contributed by atoms with Gasteiger partial charge in [0.1, 0.15) is 18.2 Å². The predicted molar refractivity (Wildman–Crippen MR) is 134 cm³/mol. The highest BCUT2D eigenvalue weighted by molar-refractivity contribution is 5.79. The number of benzene rings is 2. The number of rotatable bonds is 9. The van der Waals surface area contributed by atoms with Crippen LogP contribution in [-0.4, -0.2) is 34.4 Å². The Labute approximate surface area is 211 Å². The maximum absolute atomic E-state index is 12.9. The molecule has 2 aromatic carbocycles. The average molecular weight is 492 g/mol. The summed E-state index contributed by atoms with van der Waals surface area (Å²) < 4.78 is 16.5. The van der Waals surface area contributed by atoms with Gasteiger partial charge >= 0.3 is 12.1 Å². The molecule has 0 aliphatic heterocycles. The Balaban J connectivity index is 1.46. The van der Waals surface area contributed by atoms with Crippen LogP contribution in [0.1, 0.15) is 81.8 Å². The summed E-state index contributed by atoms with van der Waals surface area (Å²) >= 11 is 0. The van der Waals surface area contributed by atoms with Gasteiger partial charge in [0.05, 0.1) is 6.42 Å². The highest BCUT2D eigenvalue weighted by Gasteiger charge is 2.31. The molecule has 36 heavy (non-hydrogen) atoms. The van der Waals surface area contributed by atoms with Gasteiger partial charge in [-0.1, -0.05) is 67.0 Å². The first-order chi connectivity index (χ1) is 17.2. The summed E-state index contributed by atoms with van der Waals surface area (Å²) in [5.41, 5.74) is 3.88. The Morgan fingerprint density at radius 2 is 1.69 bits per heavy atom. The number of carbonyl (C=O) groups excluding carboxylic acids is 2. The molecule has 8 heteroatoms. The van der Waals surface area contributed by atoms with E-state index in [2.05, 4.69) is 46.6 Å². The lowest BCUT2D eigenvalue weighted by Crippen LogP contribution is -2.33. The number of fused-ring (bicyclic) bond motifs is 3. The van der Waals surface area contributed by atoms with E-state index < -0.39 is 23.7 Å². The molecular formula is C28H33N3O5. The van der Waals surface area contributed by atoms with Crippen LogP contribution < -0.4 is 5.32 Å². The van der Waals surface area contributed by atoms with Gasteiger partial charge in [-0.25, -0.2) is 4.79 Å². The number of unbranched alkanes of at least 4 members (excludes halogenated alkanes) is 1. The molecule has 0 unspecified atom stereocenters. The zero-order chi connectivity index (χ0) is 25.7. The zero-order valence-electron chi connectivity index (χ0n) is 21.2. The topological polar surface area (TPSA) is 104 Å². The number of nitrogens with zero attached hydrogens (tertiary/aromatic N) is 2. The van der Waals surface area contributed by atoms with Crippen molar-refractivity contribution in [1.82, 2.24) is 15.5 Å². The minimum Gasteiger partial charge on any atom is -0.460 e. The van der Waals surface area contributed by atoms with Gasteiger partial charge < -0.3 is 19.3 Å². The SMILES string of the molecule is CCCCc1noc([C@H](CC(=O)OC(C)(C)C)NC(=O)OCC2c3ccccc3-c3ccccc32)n1. The van der Waals surface area contributed by atoms with Crippen LogP contribution >= 0.6 is 0 Å². The number of aromatic nitrogens is 2. The van der Waals surface area contributed by atoms with Crippen LogP contribution in [0.2, 0.25) is 0 Å². The van der Waals surface area contributed by atoms with E-state index in [0.717, 1.165) is 35.1 Å². The number of carbonyl (C=O) groups is 2. The Hall–Kier alpha value is -3.68. The van der Waals surface area contributed by atoms with Crippen LogP contribution in [0.25, 0.3) is 11.1 Å². The lowest BCUT2D eigenvalue weighted by Gasteiger charge is -2.21. The second-order valence-electron chi connectivity index (χ2n) is 9.97. The van der Waals surface area contributed by atoms with E-state index in [4.69, 9.17) is 14.0 Å². The van der Waals surface area contributed by atoms with Gasteiger partial charge in [-0.05, 0) is 49.4 Å². The first-order valence-electron chi connectivity index (χ1n) is 12.4. The molecule has 0 radical (unpaired) electrons. The van der Waals surface area contributed by atoms with Crippen LogP contribution in [-0.2, 0) is 20.7 Å². The first-order valence-corrected chi connectivity index (χ1v) is 12.4. The zero-order valence-corrected chi connectivity index (χ0v) is 21.2. The van der Waals surface area contributed by atoms with Crippen molar-refractivity contribution in [3.63, 3.8) is 0 Å². The number of esters is 1. The Kier molecular flexibility index (Phi) is 7.72. The monoisotopic (exact) mass is 491 g/mol. The van der Waals surface area contributed by atoms with Crippen LogP contribution in [0.4, 0.5) is 4.79 Å². The molecular weight excluding hydrogens is 458 g/mol. The molecule has 1 atom stereocenters. The number of hydrogen-bond donors (Lipinski definition) is 1. The van der Waals surface area contributed by atoms with E-state index in [1.54, 1.807) is 20.8 Å². The minimum atomic E-state index is -0.863. The fourth-order valence-electron chi connectivity index (χ4n) is 4.38. The Morgan fingerprint density at radius 1 is 1.06 bits per heavy atom. The van der Waals surface area contributed by atoms with Gasteiger partial charge in [0, 0.05) is 12.3 Å². The second kappa shape index (κ2) is 10.9. The third-order valence-electron chi connectivity index (χ3n) is 5.96. The van der Waals surface area contributed by atoms with E-state index in [1.807, 2.05) is 24.3 Å². The number of ether oxygens (including phenoxy) is 2. The summed E-state index contributed by atoms with van der Waals surface area (Å²) in [5, 5.41) is 6.73. The van der Waals surface area contributed by atoms with Crippen molar-refractivity contribution in [2.75, 3.05) is 6.61 Å². The molecule has 190 valence electrons. The first kappa shape index (κ1) is 25.4. The number of hydrogen-bond acceptors (Lipinski definition) is 7. The predicted octanol–water partition coefficient (Wildman–Crippen LogP) is 5.72. The number of amides is 1. The molecule has 1 heterocycles. The smallest absolute Gasteiger partial charge is 0.407 e. The van der Waals surface area contributed by atoms with Crippen molar-refractivity contribution < 1.29 is 23.6 Å². The molecule has 0 spiro atoms. The van der Waals surface area contributed by atoms with Gasteiger partial charge in [0.15, 0.2) is 5.82 Å².